The lowest BCUT2D eigenvalue weighted by atomic mass is 9.93. The van der Waals surface area contributed by atoms with Crippen molar-refractivity contribution in [2.24, 2.45) is 4.99 Å². The maximum Gasteiger partial charge on any atom is 0.338 e. The molecule has 1 aromatic rings. The van der Waals surface area contributed by atoms with Crippen molar-refractivity contribution in [3.05, 3.63) is 46.7 Å². The third kappa shape index (κ3) is 3.49. The van der Waals surface area contributed by atoms with E-state index in [1.807, 2.05) is 52.0 Å². The topological polar surface area (TPSA) is 59.0 Å². The molecule has 2 aliphatic rings. The molecule has 0 aliphatic carbocycles. The van der Waals surface area contributed by atoms with E-state index in [0.717, 1.165) is 11.1 Å². The molecule has 6 heteroatoms. The van der Waals surface area contributed by atoms with Crippen molar-refractivity contribution in [1.82, 2.24) is 4.90 Å². The number of carbonyl (C=O) groups is 2. The maximum atomic E-state index is 12.8. The van der Waals surface area contributed by atoms with Crippen LogP contribution in [-0.4, -0.2) is 33.8 Å². The van der Waals surface area contributed by atoms with E-state index in [1.54, 1.807) is 16.7 Å². The Morgan fingerprint density at radius 1 is 1.28 bits per heavy atom. The van der Waals surface area contributed by atoms with Crippen LogP contribution in [0.3, 0.4) is 0 Å². The van der Waals surface area contributed by atoms with Crippen LogP contribution in [0, 0.1) is 6.92 Å². The van der Waals surface area contributed by atoms with Gasteiger partial charge in [-0.1, -0.05) is 41.6 Å². The molecule has 1 fully saturated rings. The van der Waals surface area contributed by atoms with Crippen LogP contribution in [0.1, 0.15) is 44.4 Å². The van der Waals surface area contributed by atoms with Gasteiger partial charge in [-0.05, 0) is 33.3 Å². The molecule has 0 radical (unpaired) electrons. The fraction of sp³-hybridized carbons (Fsp3) is 0.421. The second-order valence-electron chi connectivity index (χ2n) is 6.52. The summed E-state index contributed by atoms with van der Waals surface area (Å²) in [6, 6.07) is 7.42. The number of fused-ring (bicyclic) bond motifs is 1. The van der Waals surface area contributed by atoms with Crippen LogP contribution < -0.4 is 0 Å². The van der Waals surface area contributed by atoms with Crippen LogP contribution in [-0.2, 0) is 14.3 Å². The average Bonchev–Trinajstić information content (AvgIpc) is 2.53. The first kappa shape index (κ1) is 17.7. The van der Waals surface area contributed by atoms with Gasteiger partial charge < -0.3 is 4.74 Å². The van der Waals surface area contributed by atoms with Crippen LogP contribution >= 0.6 is 11.8 Å². The Labute approximate surface area is 152 Å². The Hall–Kier alpha value is -2.08. The lowest BCUT2D eigenvalue weighted by Crippen LogP contribution is -2.46. The minimum atomic E-state index is -0.486. The summed E-state index contributed by atoms with van der Waals surface area (Å²) >= 11 is 1.55. The number of esters is 1. The number of allylic oxidation sites excluding steroid dienone is 1. The number of ether oxygens (including phenoxy) is 1. The fourth-order valence-corrected chi connectivity index (χ4v) is 4.01. The lowest BCUT2D eigenvalue weighted by molar-refractivity contribution is -0.143. The Kier molecular flexibility index (Phi) is 4.99. The molecule has 2 aliphatic heterocycles. The summed E-state index contributed by atoms with van der Waals surface area (Å²) < 4.78 is 5.44. The zero-order chi connectivity index (χ0) is 18.1. The number of thioether (sulfide) groups is 1. The molecule has 3 rings (SSSR count). The normalized spacial score (nSPS) is 20.5. The van der Waals surface area contributed by atoms with Crippen molar-refractivity contribution in [1.29, 1.82) is 0 Å². The molecule has 0 saturated carbocycles. The number of aliphatic imine (C=N–C) groups is 1. The van der Waals surface area contributed by atoms with Crippen LogP contribution in [0.2, 0.25) is 0 Å². The molecule has 1 amide bonds. The van der Waals surface area contributed by atoms with E-state index in [4.69, 9.17) is 4.74 Å². The van der Waals surface area contributed by atoms with Crippen molar-refractivity contribution in [2.45, 2.75) is 46.3 Å². The number of amidine groups is 1. The van der Waals surface area contributed by atoms with E-state index in [0.29, 0.717) is 28.6 Å². The van der Waals surface area contributed by atoms with Gasteiger partial charge in [-0.3, -0.25) is 9.69 Å². The van der Waals surface area contributed by atoms with E-state index in [2.05, 4.69) is 4.99 Å². The van der Waals surface area contributed by atoms with E-state index < -0.39 is 12.0 Å². The molecule has 1 unspecified atom stereocenters. The summed E-state index contributed by atoms with van der Waals surface area (Å²) in [5.41, 5.74) is 3.07. The number of nitrogens with zero attached hydrogens (tertiary/aromatic N) is 2. The molecule has 0 N–H and O–H groups in total. The molecule has 1 saturated heterocycles. The first-order chi connectivity index (χ1) is 11.9. The van der Waals surface area contributed by atoms with E-state index in [1.165, 1.54) is 0 Å². The Balaban J connectivity index is 2.12. The third-order valence-electron chi connectivity index (χ3n) is 4.16. The largest absolute Gasteiger partial charge is 0.459 e. The summed E-state index contributed by atoms with van der Waals surface area (Å²) in [5, 5.41) is 0.667. The summed E-state index contributed by atoms with van der Waals surface area (Å²) in [6.07, 6.45) is 0.209. The Morgan fingerprint density at radius 3 is 2.60 bits per heavy atom. The van der Waals surface area contributed by atoms with Gasteiger partial charge in [-0.15, -0.1) is 0 Å². The summed E-state index contributed by atoms with van der Waals surface area (Å²) in [5.74, 6) is 0.295. The average molecular weight is 358 g/mol. The Morgan fingerprint density at radius 2 is 1.96 bits per heavy atom. The number of rotatable bonds is 3. The van der Waals surface area contributed by atoms with Gasteiger partial charge in [0.05, 0.1) is 23.4 Å². The summed E-state index contributed by atoms with van der Waals surface area (Å²) in [7, 11) is 0. The second kappa shape index (κ2) is 7.04. The van der Waals surface area contributed by atoms with Gasteiger partial charge in [0.2, 0.25) is 5.91 Å². The van der Waals surface area contributed by atoms with Crippen molar-refractivity contribution in [3.63, 3.8) is 0 Å². The minimum Gasteiger partial charge on any atom is -0.459 e. The monoisotopic (exact) mass is 358 g/mol. The molecule has 2 heterocycles. The maximum absolute atomic E-state index is 12.8. The predicted octanol–water partition coefficient (Wildman–Crippen LogP) is 3.60. The third-order valence-corrected chi connectivity index (χ3v) is 5.12. The zero-order valence-corrected chi connectivity index (χ0v) is 15.7. The van der Waals surface area contributed by atoms with E-state index in [9.17, 15) is 9.59 Å². The highest BCUT2D eigenvalue weighted by Crippen LogP contribution is 2.40. The Bertz CT molecular complexity index is 765. The van der Waals surface area contributed by atoms with Gasteiger partial charge in [-0.25, -0.2) is 9.79 Å². The van der Waals surface area contributed by atoms with Gasteiger partial charge in [-0.2, -0.15) is 0 Å². The standard InChI is InChI=1S/C19H22N2O3S/c1-11(2)24-18(23)16-13(4)20-19-21(15(22)9-10-25-19)17(16)14-7-5-12(3)6-8-14/h5-8,11,17H,9-10H2,1-4H3. The van der Waals surface area contributed by atoms with Gasteiger partial charge in [0.15, 0.2) is 5.17 Å². The highest BCUT2D eigenvalue weighted by Gasteiger charge is 2.41. The quantitative estimate of drug-likeness (QED) is 0.775. The van der Waals surface area contributed by atoms with Crippen molar-refractivity contribution >= 4 is 28.8 Å². The number of hydrogen-bond acceptors (Lipinski definition) is 5. The van der Waals surface area contributed by atoms with Gasteiger partial charge in [0.1, 0.15) is 0 Å². The second-order valence-corrected chi connectivity index (χ2v) is 7.59. The summed E-state index contributed by atoms with van der Waals surface area (Å²) in [4.78, 5) is 31.6. The molecule has 0 spiro atoms. The smallest absolute Gasteiger partial charge is 0.338 e. The minimum absolute atomic E-state index is 0.00887. The predicted molar refractivity (Wildman–Crippen MR) is 99.2 cm³/mol. The van der Waals surface area contributed by atoms with Crippen molar-refractivity contribution in [2.75, 3.05) is 5.75 Å². The van der Waals surface area contributed by atoms with Gasteiger partial charge in [0.25, 0.3) is 0 Å². The highest BCUT2D eigenvalue weighted by molar-refractivity contribution is 8.14. The van der Waals surface area contributed by atoms with Crippen molar-refractivity contribution in [3.8, 4) is 0 Å². The first-order valence-electron chi connectivity index (χ1n) is 8.40. The molecular weight excluding hydrogens is 336 g/mol. The number of benzene rings is 1. The molecule has 25 heavy (non-hydrogen) atoms. The number of hydrogen-bond donors (Lipinski definition) is 0. The molecule has 1 aromatic carbocycles. The number of amides is 1. The lowest BCUT2D eigenvalue weighted by Gasteiger charge is -2.39. The molecule has 1 atom stereocenters. The number of aryl methyl sites for hydroxylation is 1. The molecule has 0 bridgehead atoms. The first-order valence-corrected chi connectivity index (χ1v) is 9.39. The van der Waals surface area contributed by atoms with Crippen LogP contribution in [0.25, 0.3) is 0 Å². The molecular formula is C19H22N2O3S. The van der Waals surface area contributed by atoms with E-state index in [-0.39, 0.29) is 12.0 Å². The van der Waals surface area contributed by atoms with Crippen LogP contribution in [0.5, 0.6) is 0 Å². The number of carbonyl (C=O) groups excluding carboxylic acids is 2. The van der Waals surface area contributed by atoms with Crippen LogP contribution in [0.4, 0.5) is 0 Å². The summed E-state index contributed by atoms with van der Waals surface area (Å²) in [6.45, 7) is 7.44. The molecule has 5 nitrogen and oxygen atoms in total. The van der Waals surface area contributed by atoms with Crippen molar-refractivity contribution < 1.29 is 14.3 Å². The van der Waals surface area contributed by atoms with E-state index >= 15 is 0 Å². The zero-order valence-electron chi connectivity index (χ0n) is 14.9. The fourth-order valence-electron chi connectivity index (χ4n) is 3.00. The SMILES string of the molecule is CC1=C(C(=O)OC(C)C)C(c2ccc(C)cc2)N2C(=O)CCSC2=N1. The van der Waals surface area contributed by atoms with Gasteiger partial charge >= 0.3 is 5.97 Å². The van der Waals surface area contributed by atoms with Gasteiger partial charge in [0, 0.05) is 12.2 Å². The van der Waals surface area contributed by atoms with Crippen LogP contribution in [0.15, 0.2) is 40.5 Å². The molecule has 132 valence electrons. The molecule has 0 aromatic heterocycles. The highest BCUT2D eigenvalue weighted by atomic mass is 32.2.